The van der Waals surface area contributed by atoms with E-state index < -0.39 is 0 Å². The fourth-order valence-electron chi connectivity index (χ4n) is 11.1. The van der Waals surface area contributed by atoms with Gasteiger partial charge in [-0.05, 0) is 123 Å². The standard InChI is InChI=1S/C48H54N6O4/c1-5-29-27-53-21-17-31(29)23-43(53)45(35-15-19-49-41-13-11-33(55-3)25-39(35)41)57-47-37-9-7-8-10-38(37)48(52-51-47)58-46(44-24-32-18-22-54(44)28-30(32)6-2)36-16-20-50-42-14-12-34(56-4)26-40(36)42/h7-16,19-20,25-26,29-32,43-46H,5-6,17-18,21-24,27-28H2,1-4H3/t29-,30+,31+,32-,43-,44-,45-,46-/m1/s1. The Bertz CT molecular complexity index is 2280. The first-order valence-electron chi connectivity index (χ1n) is 21.5. The Morgan fingerprint density at radius 3 is 1.47 bits per heavy atom. The Morgan fingerprint density at radius 1 is 0.603 bits per heavy atom. The van der Waals surface area contributed by atoms with E-state index in [1.165, 1.54) is 25.7 Å². The van der Waals surface area contributed by atoms with Gasteiger partial charge in [-0.1, -0.05) is 38.8 Å². The third kappa shape index (κ3) is 6.58. The van der Waals surface area contributed by atoms with Crippen LogP contribution in [-0.4, -0.2) is 82.4 Å². The molecule has 12 rings (SSSR count). The van der Waals surface area contributed by atoms with Crippen molar-refractivity contribution in [2.45, 2.75) is 76.7 Å². The van der Waals surface area contributed by atoms with E-state index in [9.17, 15) is 0 Å². The summed E-state index contributed by atoms with van der Waals surface area (Å²) in [5.74, 6) is 5.39. The number of benzene rings is 3. The van der Waals surface area contributed by atoms with E-state index in [1.54, 1.807) is 14.2 Å². The molecule has 6 fully saturated rings. The van der Waals surface area contributed by atoms with Crippen molar-refractivity contribution in [1.82, 2.24) is 30.0 Å². The first-order valence-corrected chi connectivity index (χ1v) is 21.5. The maximum atomic E-state index is 7.30. The second kappa shape index (κ2) is 15.6. The molecular weight excluding hydrogens is 725 g/mol. The van der Waals surface area contributed by atoms with Crippen LogP contribution in [0.15, 0.2) is 85.2 Å². The van der Waals surface area contributed by atoms with Gasteiger partial charge in [0.05, 0.1) is 48.1 Å². The number of piperidine rings is 6. The maximum Gasteiger partial charge on any atom is 0.242 e. The highest BCUT2D eigenvalue weighted by atomic mass is 16.5. The van der Waals surface area contributed by atoms with E-state index in [0.717, 1.165) is 94.2 Å². The normalized spacial score (nSPS) is 27.4. The lowest BCUT2D eigenvalue weighted by Crippen LogP contribution is -2.56. The van der Waals surface area contributed by atoms with Gasteiger partial charge in [-0.15, -0.1) is 10.2 Å². The zero-order chi connectivity index (χ0) is 39.3. The van der Waals surface area contributed by atoms with E-state index in [-0.39, 0.29) is 24.3 Å². The summed E-state index contributed by atoms with van der Waals surface area (Å²) >= 11 is 0. The topological polar surface area (TPSA) is 95.0 Å². The Labute approximate surface area is 340 Å². The summed E-state index contributed by atoms with van der Waals surface area (Å²) < 4.78 is 26.0. The van der Waals surface area contributed by atoms with Crippen LogP contribution in [0.25, 0.3) is 32.6 Å². The number of fused-ring (bicyclic) bond motifs is 9. The molecule has 6 aliphatic heterocycles. The van der Waals surface area contributed by atoms with E-state index in [1.807, 2.05) is 36.7 Å². The number of hydrogen-bond acceptors (Lipinski definition) is 10. The summed E-state index contributed by atoms with van der Waals surface area (Å²) in [6.45, 7) is 9.00. The molecule has 2 unspecified atom stereocenters. The molecule has 6 saturated heterocycles. The van der Waals surface area contributed by atoms with Gasteiger partial charge >= 0.3 is 0 Å². The average molecular weight is 779 g/mol. The summed E-state index contributed by atoms with van der Waals surface area (Å²) in [4.78, 5) is 14.8. The lowest BCUT2D eigenvalue weighted by atomic mass is 9.72. The van der Waals surface area contributed by atoms with Crippen LogP contribution >= 0.6 is 0 Å². The summed E-state index contributed by atoms with van der Waals surface area (Å²) in [5, 5.41) is 13.7. The van der Waals surface area contributed by atoms with Crippen LogP contribution in [0.5, 0.6) is 23.3 Å². The summed E-state index contributed by atoms with van der Waals surface area (Å²) in [7, 11) is 3.42. The zero-order valence-electron chi connectivity index (χ0n) is 34.1. The summed E-state index contributed by atoms with van der Waals surface area (Å²) in [6.07, 6.45) is 10.2. The molecule has 4 bridgehead atoms. The number of ether oxygens (including phenoxy) is 4. The van der Waals surface area contributed by atoms with Crippen molar-refractivity contribution < 1.29 is 18.9 Å². The number of rotatable bonds is 12. The Hall–Kier alpha value is -5.06. The maximum absolute atomic E-state index is 7.30. The molecule has 0 spiro atoms. The van der Waals surface area contributed by atoms with Crippen LogP contribution in [0.1, 0.15) is 75.7 Å². The van der Waals surface area contributed by atoms with E-state index in [2.05, 4.69) is 72.2 Å². The number of pyridine rings is 2. The van der Waals surface area contributed by atoms with Crippen LogP contribution in [0.4, 0.5) is 0 Å². The zero-order valence-corrected chi connectivity index (χ0v) is 34.1. The van der Waals surface area contributed by atoms with Gasteiger partial charge in [0, 0.05) is 47.4 Å². The first kappa shape index (κ1) is 37.2. The lowest BCUT2D eigenvalue weighted by molar-refractivity contribution is -0.0505. The van der Waals surface area contributed by atoms with Crippen molar-refractivity contribution in [3.63, 3.8) is 0 Å². The second-order valence-corrected chi connectivity index (χ2v) is 17.0. The highest BCUT2D eigenvalue weighted by Gasteiger charge is 2.46. The molecule has 3 aromatic heterocycles. The molecule has 10 heteroatoms. The molecule has 9 heterocycles. The number of hydrogen-bond donors (Lipinski definition) is 0. The molecule has 0 N–H and O–H groups in total. The fourth-order valence-corrected chi connectivity index (χ4v) is 11.1. The van der Waals surface area contributed by atoms with Crippen molar-refractivity contribution in [2.24, 2.45) is 23.7 Å². The van der Waals surface area contributed by atoms with Crippen molar-refractivity contribution in [2.75, 3.05) is 40.4 Å². The molecule has 10 atom stereocenters. The van der Waals surface area contributed by atoms with Crippen LogP contribution in [0.2, 0.25) is 0 Å². The molecule has 0 amide bonds. The fraction of sp³-hybridized carbons (Fsp3) is 0.458. The van der Waals surface area contributed by atoms with Crippen LogP contribution in [0, 0.1) is 23.7 Å². The molecular formula is C48H54N6O4. The second-order valence-electron chi connectivity index (χ2n) is 17.0. The van der Waals surface area contributed by atoms with Crippen molar-refractivity contribution in [3.05, 3.63) is 96.3 Å². The van der Waals surface area contributed by atoms with Gasteiger partial charge in [-0.2, -0.15) is 0 Å². The minimum absolute atomic E-state index is 0.180. The molecule has 6 aromatic rings. The quantitative estimate of drug-likeness (QED) is 0.120. The van der Waals surface area contributed by atoms with E-state index in [0.29, 0.717) is 35.4 Å². The molecule has 58 heavy (non-hydrogen) atoms. The predicted molar refractivity (Wildman–Crippen MR) is 227 cm³/mol. The van der Waals surface area contributed by atoms with Gasteiger partial charge in [0.1, 0.15) is 23.7 Å². The largest absolute Gasteiger partial charge is 0.497 e. The number of aromatic nitrogens is 4. The first-order chi connectivity index (χ1) is 28.5. The van der Waals surface area contributed by atoms with Crippen LogP contribution in [0.3, 0.4) is 0 Å². The van der Waals surface area contributed by atoms with Gasteiger partial charge < -0.3 is 18.9 Å². The van der Waals surface area contributed by atoms with Crippen molar-refractivity contribution in [1.29, 1.82) is 0 Å². The minimum Gasteiger partial charge on any atom is -0.497 e. The van der Waals surface area contributed by atoms with E-state index >= 15 is 0 Å². The molecule has 6 aliphatic rings. The number of methoxy groups -OCH3 is 2. The van der Waals surface area contributed by atoms with Crippen LogP contribution in [-0.2, 0) is 0 Å². The highest BCUT2D eigenvalue weighted by Crippen LogP contribution is 2.47. The third-order valence-corrected chi connectivity index (χ3v) is 14.3. The van der Waals surface area contributed by atoms with Gasteiger partial charge in [0.2, 0.25) is 11.8 Å². The Morgan fingerprint density at radius 2 is 1.07 bits per heavy atom. The number of nitrogens with zero attached hydrogens (tertiary/aromatic N) is 6. The Balaban J connectivity index is 1.06. The van der Waals surface area contributed by atoms with Crippen molar-refractivity contribution >= 4 is 32.6 Å². The molecule has 0 radical (unpaired) electrons. The minimum atomic E-state index is -0.300. The van der Waals surface area contributed by atoms with Gasteiger partial charge in [-0.3, -0.25) is 19.8 Å². The van der Waals surface area contributed by atoms with Crippen LogP contribution < -0.4 is 18.9 Å². The average Bonchev–Trinajstić information content (AvgIpc) is 3.29. The van der Waals surface area contributed by atoms with E-state index in [4.69, 9.17) is 39.1 Å². The molecule has 0 saturated carbocycles. The Kier molecular flexibility index (Phi) is 10.0. The molecule has 300 valence electrons. The summed E-state index contributed by atoms with van der Waals surface area (Å²) in [5.41, 5.74) is 4.01. The molecule has 10 nitrogen and oxygen atoms in total. The third-order valence-electron chi connectivity index (χ3n) is 14.3. The predicted octanol–water partition coefficient (Wildman–Crippen LogP) is 9.22. The lowest BCUT2D eigenvalue weighted by Gasteiger charge is -2.52. The highest BCUT2D eigenvalue weighted by molar-refractivity contribution is 5.91. The summed E-state index contributed by atoms with van der Waals surface area (Å²) in [6, 6.07) is 25.1. The van der Waals surface area contributed by atoms with Gasteiger partial charge in [-0.25, -0.2) is 0 Å². The molecule has 0 aliphatic carbocycles. The van der Waals surface area contributed by atoms with Gasteiger partial charge in [0.25, 0.3) is 0 Å². The molecule has 3 aromatic carbocycles. The van der Waals surface area contributed by atoms with Gasteiger partial charge in [0.15, 0.2) is 0 Å². The SMILES string of the molecule is CC[C@@H]1CN2CC[C@H]1C[C@@H]2[C@H](Oc1nnc(O[C@H](c2ccnc3ccc(OC)cc23)[C@H]2C[C@H]3CCN2C[C@@H]3CC)c2ccccc12)c1ccnc2ccc(OC)cc12. The monoisotopic (exact) mass is 778 g/mol. The smallest absolute Gasteiger partial charge is 0.242 e. The van der Waals surface area contributed by atoms with Crippen molar-refractivity contribution in [3.8, 4) is 23.3 Å².